The zero-order valence-electron chi connectivity index (χ0n) is 16.0. The van der Waals surface area contributed by atoms with E-state index in [0.717, 1.165) is 5.56 Å². The second-order valence-corrected chi connectivity index (χ2v) is 7.64. The van der Waals surface area contributed by atoms with Gasteiger partial charge in [0.05, 0.1) is 25.7 Å². The monoisotopic (exact) mass is 443 g/mol. The van der Waals surface area contributed by atoms with Gasteiger partial charge in [-0.2, -0.15) is 0 Å². The number of nitrogens with zero attached hydrogens (tertiary/aromatic N) is 7. The number of halogens is 1. The van der Waals surface area contributed by atoms with Crippen LogP contribution < -0.4 is 0 Å². The zero-order valence-corrected chi connectivity index (χ0v) is 16.8. The molecule has 31 heavy (non-hydrogen) atoms. The molecule has 0 unspecified atom stereocenters. The van der Waals surface area contributed by atoms with Crippen molar-refractivity contribution in [2.75, 3.05) is 6.61 Å². The maximum Gasteiger partial charge on any atom is 0.166 e. The Balaban J connectivity index is 1.46. The summed E-state index contributed by atoms with van der Waals surface area (Å²) in [4.78, 5) is 12.9. The Morgan fingerprint density at radius 2 is 1.87 bits per heavy atom. The summed E-state index contributed by atoms with van der Waals surface area (Å²) in [6.07, 6.45) is 0.250. The summed E-state index contributed by atoms with van der Waals surface area (Å²) in [5.41, 5.74) is 2.83. The van der Waals surface area contributed by atoms with Crippen molar-refractivity contribution in [3.8, 4) is 11.4 Å². The van der Waals surface area contributed by atoms with Gasteiger partial charge in [0, 0.05) is 5.02 Å². The molecule has 1 aromatic carbocycles. The maximum atomic E-state index is 10.3. The molecule has 1 aliphatic rings. The Morgan fingerprint density at radius 1 is 1.06 bits per heavy atom. The third-order valence-corrected chi connectivity index (χ3v) is 5.44. The molecule has 1 fully saturated rings. The molecular formula is C19H18ClN7O4. The first-order valence-electron chi connectivity index (χ1n) is 9.50. The van der Waals surface area contributed by atoms with Gasteiger partial charge in [0.25, 0.3) is 0 Å². The highest BCUT2D eigenvalue weighted by molar-refractivity contribution is 6.30. The van der Waals surface area contributed by atoms with E-state index in [1.165, 1.54) is 17.2 Å². The second kappa shape index (κ2) is 7.94. The number of rotatable bonds is 5. The average Bonchev–Trinajstić information content (AvgIpc) is 3.48. The minimum atomic E-state index is -1.24. The molecule has 0 aliphatic carbocycles. The van der Waals surface area contributed by atoms with E-state index in [1.807, 2.05) is 24.3 Å². The highest BCUT2D eigenvalue weighted by atomic mass is 35.5. The molecule has 4 aromatic rings. The van der Waals surface area contributed by atoms with Crippen LogP contribution in [0.5, 0.6) is 0 Å². The van der Waals surface area contributed by atoms with E-state index < -0.39 is 31.1 Å². The molecule has 0 spiro atoms. The van der Waals surface area contributed by atoms with E-state index in [0.29, 0.717) is 34.1 Å². The molecule has 0 amide bonds. The lowest BCUT2D eigenvalue weighted by molar-refractivity contribution is -0.0511. The van der Waals surface area contributed by atoms with E-state index in [9.17, 15) is 15.3 Å². The van der Waals surface area contributed by atoms with E-state index in [-0.39, 0.29) is 0 Å². The molecule has 160 valence electrons. The summed E-state index contributed by atoms with van der Waals surface area (Å²) in [7, 11) is 0. The van der Waals surface area contributed by atoms with Gasteiger partial charge < -0.3 is 20.1 Å². The smallest absolute Gasteiger partial charge is 0.166 e. The number of imidazole rings is 1. The molecule has 3 N–H and O–H groups in total. The lowest BCUT2D eigenvalue weighted by Gasteiger charge is -2.16. The second-order valence-electron chi connectivity index (χ2n) is 7.20. The lowest BCUT2D eigenvalue weighted by atomic mass is 10.1. The number of hydrogen-bond donors (Lipinski definition) is 3. The molecule has 3 aromatic heterocycles. The normalized spacial score (nSPS) is 23.6. The van der Waals surface area contributed by atoms with Crippen LogP contribution in [0.2, 0.25) is 5.02 Å². The summed E-state index contributed by atoms with van der Waals surface area (Å²) in [5, 5.41) is 38.7. The van der Waals surface area contributed by atoms with Crippen molar-refractivity contribution in [1.82, 2.24) is 34.5 Å². The largest absolute Gasteiger partial charge is 0.394 e. The van der Waals surface area contributed by atoms with Gasteiger partial charge in [0.15, 0.2) is 11.9 Å². The van der Waals surface area contributed by atoms with Gasteiger partial charge in [0.2, 0.25) is 0 Å². The fraction of sp³-hybridized carbons (Fsp3) is 0.316. The van der Waals surface area contributed by atoms with Crippen molar-refractivity contribution in [3.05, 3.63) is 53.7 Å². The number of fused-ring (bicyclic) bond motifs is 1. The topological polar surface area (TPSA) is 144 Å². The highest BCUT2D eigenvalue weighted by Gasteiger charge is 2.44. The van der Waals surface area contributed by atoms with Gasteiger partial charge in [0.1, 0.15) is 41.5 Å². The Labute approximate surface area is 180 Å². The molecule has 0 saturated carbocycles. The quantitative estimate of drug-likeness (QED) is 0.399. The lowest BCUT2D eigenvalue weighted by Crippen LogP contribution is -2.33. The molecular weight excluding hydrogens is 426 g/mol. The molecule has 5 rings (SSSR count). The van der Waals surface area contributed by atoms with Crippen LogP contribution in [0.25, 0.3) is 22.6 Å². The summed E-state index contributed by atoms with van der Waals surface area (Å²) < 4.78 is 8.76. The predicted molar refractivity (Wildman–Crippen MR) is 108 cm³/mol. The fourth-order valence-corrected chi connectivity index (χ4v) is 3.72. The van der Waals surface area contributed by atoms with Crippen LogP contribution in [0, 0.1) is 0 Å². The van der Waals surface area contributed by atoms with Gasteiger partial charge >= 0.3 is 0 Å². The first-order chi connectivity index (χ1) is 15.0. The molecule has 1 saturated heterocycles. The van der Waals surface area contributed by atoms with Crippen LogP contribution in [0.4, 0.5) is 0 Å². The van der Waals surface area contributed by atoms with E-state index in [4.69, 9.17) is 16.3 Å². The van der Waals surface area contributed by atoms with Crippen LogP contribution in [-0.4, -0.2) is 74.8 Å². The number of benzene rings is 1. The summed E-state index contributed by atoms with van der Waals surface area (Å²) in [5.74, 6) is 0. The Morgan fingerprint density at radius 3 is 2.61 bits per heavy atom. The number of aromatic nitrogens is 7. The third-order valence-electron chi connectivity index (χ3n) is 5.19. The Bertz CT molecular complexity index is 1210. The fourth-order valence-electron chi connectivity index (χ4n) is 3.60. The van der Waals surface area contributed by atoms with Crippen molar-refractivity contribution in [2.24, 2.45) is 0 Å². The van der Waals surface area contributed by atoms with Crippen LogP contribution in [-0.2, 0) is 11.3 Å². The molecule has 4 atom stereocenters. The van der Waals surface area contributed by atoms with Gasteiger partial charge in [-0.05, 0) is 17.7 Å². The van der Waals surface area contributed by atoms with Crippen molar-refractivity contribution in [2.45, 2.75) is 31.1 Å². The minimum absolute atomic E-state index is 0.395. The van der Waals surface area contributed by atoms with E-state index in [2.05, 4.69) is 25.3 Å². The Kier molecular flexibility index (Phi) is 5.12. The molecule has 1 aliphatic heterocycles. The standard InChI is InChI=1S/C19H18ClN7O4/c20-11-3-1-10(2-4-11)5-26-6-12(24-25-26)14-15-18(22-8-21-14)27(9-23-15)19-17(30)16(29)13(7-28)31-19/h1-4,6,8-9,13,16-17,19,28-30H,5,7H2/t13-,16-,17-,19-/m1/s1. The molecule has 12 heteroatoms. The van der Waals surface area contributed by atoms with Crippen LogP contribution in [0.1, 0.15) is 11.8 Å². The molecule has 11 nitrogen and oxygen atoms in total. The number of aliphatic hydroxyl groups is 3. The van der Waals surface area contributed by atoms with Gasteiger partial charge in [-0.3, -0.25) is 4.57 Å². The molecule has 4 heterocycles. The van der Waals surface area contributed by atoms with Crippen molar-refractivity contribution in [3.63, 3.8) is 0 Å². The third kappa shape index (κ3) is 3.56. The maximum absolute atomic E-state index is 10.3. The minimum Gasteiger partial charge on any atom is -0.394 e. The van der Waals surface area contributed by atoms with Crippen molar-refractivity contribution >= 4 is 22.8 Å². The summed E-state index contributed by atoms with van der Waals surface area (Å²) in [6.45, 7) is 0.0910. The first-order valence-corrected chi connectivity index (χ1v) is 9.88. The predicted octanol–water partition coefficient (Wildman–Crippen LogP) is 0.398. The first kappa shape index (κ1) is 20.0. The Hall–Kier alpha value is -2.96. The number of hydrogen-bond acceptors (Lipinski definition) is 9. The van der Waals surface area contributed by atoms with Crippen LogP contribution in [0.3, 0.4) is 0 Å². The number of ether oxygens (including phenoxy) is 1. The van der Waals surface area contributed by atoms with E-state index in [1.54, 1.807) is 10.9 Å². The summed E-state index contributed by atoms with van der Waals surface area (Å²) in [6, 6.07) is 7.45. The SMILES string of the molecule is OC[C@H]1O[C@@H](n2cnc3c(-c4cn(Cc5ccc(Cl)cc5)nn4)ncnc32)[C@H](O)[C@@H]1O. The molecule has 0 bridgehead atoms. The van der Waals surface area contributed by atoms with Crippen molar-refractivity contribution in [1.29, 1.82) is 0 Å². The summed E-state index contributed by atoms with van der Waals surface area (Å²) >= 11 is 5.93. The highest BCUT2D eigenvalue weighted by Crippen LogP contribution is 2.32. The van der Waals surface area contributed by atoms with Crippen LogP contribution in [0.15, 0.2) is 43.1 Å². The van der Waals surface area contributed by atoms with Crippen molar-refractivity contribution < 1.29 is 20.1 Å². The van der Waals surface area contributed by atoms with Gasteiger partial charge in [-0.15, -0.1) is 5.10 Å². The van der Waals surface area contributed by atoms with Crippen LogP contribution >= 0.6 is 11.6 Å². The van der Waals surface area contributed by atoms with Gasteiger partial charge in [-0.1, -0.05) is 28.9 Å². The number of aliphatic hydroxyl groups excluding tert-OH is 3. The molecule has 0 radical (unpaired) electrons. The van der Waals surface area contributed by atoms with E-state index >= 15 is 0 Å². The van der Waals surface area contributed by atoms with Gasteiger partial charge in [-0.25, -0.2) is 19.6 Å². The average molecular weight is 444 g/mol. The zero-order chi connectivity index (χ0) is 21.5.